The summed E-state index contributed by atoms with van der Waals surface area (Å²) in [5.41, 5.74) is 2.36. The van der Waals surface area contributed by atoms with E-state index in [4.69, 9.17) is 9.47 Å². The van der Waals surface area contributed by atoms with Crippen LogP contribution in [0.5, 0.6) is 5.75 Å². The second-order valence-electron chi connectivity index (χ2n) is 7.31. The van der Waals surface area contributed by atoms with Gasteiger partial charge in [0.1, 0.15) is 5.75 Å². The molecular formula is C24H27NO2. The molecule has 0 amide bonds. The summed E-state index contributed by atoms with van der Waals surface area (Å²) in [6.45, 7) is 3.59. The van der Waals surface area contributed by atoms with Crippen molar-refractivity contribution in [2.45, 2.75) is 24.5 Å². The zero-order valence-electron chi connectivity index (χ0n) is 15.9. The summed E-state index contributed by atoms with van der Waals surface area (Å²) in [5, 5.41) is 0. The highest BCUT2D eigenvalue weighted by Crippen LogP contribution is 2.43. The lowest BCUT2D eigenvalue weighted by atomic mass is 9.70. The van der Waals surface area contributed by atoms with E-state index in [2.05, 4.69) is 71.7 Å². The minimum atomic E-state index is -0.198. The van der Waals surface area contributed by atoms with E-state index in [-0.39, 0.29) is 11.5 Å². The van der Waals surface area contributed by atoms with Gasteiger partial charge < -0.3 is 9.47 Å². The summed E-state index contributed by atoms with van der Waals surface area (Å²) in [6.07, 6.45) is 9.84. The van der Waals surface area contributed by atoms with Gasteiger partial charge in [0, 0.05) is 30.6 Å². The van der Waals surface area contributed by atoms with Crippen molar-refractivity contribution in [3.05, 3.63) is 90.0 Å². The molecule has 1 saturated heterocycles. The zero-order valence-corrected chi connectivity index (χ0v) is 15.9. The topological polar surface area (TPSA) is 21.7 Å². The summed E-state index contributed by atoms with van der Waals surface area (Å²) in [7, 11) is 1.75. The van der Waals surface area contributed by atoms with Crippen LogP contribution in [0.1, 0.15) is 17.5 Å². The van der Waals surface area contributed by atoms with Crippen LogP contribution in [-0.2, 0) is 16.7 Å². The second-order valence-corrected chi connectivity index (χ2v) is 7.31. The Hall–Kier alpha value is -2.36. The van der Waals surface area contributed by atoms with Gasteiger partial charge in [-0.1, -0.05) is 72.8 Å². The largest absolute Gasteiger partial charge is 0.496 e. The number of rotatable bonds is 5. The lowest BCUT2D eigenvalue weighted by Gasteiger charge is -2.45. The van der Waals surface area contributed by atoms with Crippen LogP contribution >= 0.6 is 0 Å². The van der Waals surface area contributed by atoms with Crippen LogP contribution in [0.15, 0.2) is 78.9 Å². The van der Waals surface area contributed by atoms with Gasteiger partial charge >= 0.3 is 0 Å². The Balaban J connectivity index is 1.63. The average molecular weight is 361 g/mol. The van der Waals surface area contributed by atoms with Crippen LogP contribution in [-0.4, -0.2) is 37.8 Å². The molecule has 2 aromatic rings. The van der Waals surface area contributed by atoms with Gasteiger partial charge in [0.05, 0.1) is 19.8 Å². The molecule has 3 nitrogen and oxygen atoms in total. The van der Waals surface area contributed by atoms with E-state index >= 15 is 0 Å². The predicted octanol–water partition coefficient (Wildman–Crippen LogP) is 4.35. The summed E-state index contributed by atoms with van der Waals surface area (Å²) < 4.78 is 12.1. The number of para-hydroxylation sites is 1. The summed E-state index contributed by atoms with van der Waals surface area (Å²) in [5.74, 6) is 0.932. The molecule has 1 heterocycles. The van der Waals surface area contributed by atoms with E-state index < -0.39 is 0 Å². The SMILES string of the molecule is COc1ccccc1C1(C2CN(Cc3ccccc3)CCO2)C=CC=CC1. The minimum Gasteiger partial charge on any atom is -0.496 e. The molecule has 2 atom stereocenters. The quantitative estimate of drug-likeness (QED) is 0.790. The molecule has 27 heavy (non-hydrogen) atoms. The Morgan fingerprint density at radius 3 is 2.67 bits per heavy atom. The van der Waals surface area contributed by atoms with Crippen molar-refractivity contribution in [3.8, 4) is 5.75 Å². The van der Waals surface area contributed by atoms with Crippen LogP contribution in [0.4, 0.5) is 0 Å². The van der Waals surface area contributed by atoms with Crippen molar-refractivity contribution in [1.82, 2.24) is 4.90 Å². The van der Waals surface area contributed by atoms with Gasteiger partial charge in [-0.3, -0.25) is 4.90 Å². The first-order valence-electron chi connectivity index (χ1n) is 9.67. The molecule has 0 spiro atoms. The van der Waals surface area contributed by atoms with Crippen molar-refractivity contribution >= 4 is 0 Å². The summed E-state index contributed by atoms with van der Waals surface area (Å²) >= 11 is 0. The summed E-state index contributed by atoms with van der Waals surface area (Å²) in [4.78, 5) is 2.51. The lowest BCUT2D eigenvalue weighted by Crippen LogP contribution is -2.52. The molecular weight excluding hydrogens is 334 g/mol. The number of morpholine rings is 1. The van der Waals surface area contributed by atoms with Crippen LogP contribution in [0.2, 0.25) is 0 Å². The molecule has 3 heteroatoms. The van der Waals surface area contributed by atoms with Crippen molar-refractivity contribution in [3.63, 3.8) is 0 Å². The third kappa shape index (κ3) is 3.71. The first-order chi connectivity index (χ1) is 13.3. The highest BCUT2D eigenvalue weighted by atomic mass is 16.5. The molecule has 1 aliphatic heterocycles. The Morgan fingerprint density at radius 2 is 1.89 bits per heavy atom. The first kappa shape index (κ1) is 18.0. The molecule has 0 saturated carbocycles. The van der Waals surface area contributed by atoms with Crippen molar-refractivity contribution in [1.29, 1.82) is 0 Å². The molecule has 140 valence electrons. The minimum absolute atomic E-state index is 0.0902. The number of allylic oxidation sites excluding steroid dienone is 3. The van der Waals surface area contributed by atoms with Gasteiger partial charge in [-0.2, -0.15) is 0 Å². The molecule has 0 radical (unpaired) electrons. The highest BCUT2D eigenvalue weighted by Gasteiger charge is 2.43. The van der Waals surface area contributed by atoms with Crippen LogP contribution in [0.25, 0.3) is 0 Å². The van der Waals surface area contributed by atoms with Crippen LogP contribution < -0.4 is 4.74 Å². The fourth-order valence-corrected chi connectivity index (χ4v) is 4.28. The number of hydrogen-bond acceptors (Lipinski definition) is 3. The molecule has 0 bridgehead atoms. The lowest BCUT2D eigenvalue weighted by molar-refractivity contribution is -0.0612. The zero-order chi connectivity index (χ0) is 18.5. The normalized spacial score (nSPS) is 25.4. The van der Waals surface area contributed by atoms with E-state index in [1.807, 2.05) is 12.1 Å². The van der Waals surface area contributed by atoms with E-state index in [9.17, 15) is 0 Å². The fourth-order valence-electron chi connectivity index (χ4n) is 4.28. The van der Waals surface area contributed by atoms with Gasteiger partial charge in [-0.05, 0) is 18.1 Å². The van der Waals surface area contributed by atoms with E-state index in [1.54, 1.807) is 7.11 Å². The monoisotopic (exact) mass is 361 g/mol. The van der Waals surface area contributed by atoms with E-state index in [0.717, 1.165) is 38.4 Å². The third-order valence-corrected chi connectivity index (χ3v) is 5.68. The molecule has 2 unspecified atom stereocenters. The highest BCUT2D eigenvalue weighted by molar-refractivity contribution is 5.46. The van der Waals surface area contributed by atoms with E-state index in [1.165, 1.54) is 11.1 Å². The molecule has 4 rings (SSSR count). The van der Waals surface area contributed by atoms with Gasteiger partial charge in [-0.15, -0.1) is 0 Å². The molecule has 1 aliphatic carbocycles. The molecule has 0 N–H and O–H groups in total. The van der Waals surface area contributed by atoms with E-state index in [0.29, 0.717) is 0 Å². The second kappa shape index (κ2) is 8.12. The first-order valence-corrected chi connectivity index (χ1v) is 9.67. The predicted molar refractivity (Wildman–Crippen MR) is 109 cm³/mol. The maximum atomic E-state index is 6.36. The Bertz CT molecular complexity index is 814. The van der Waals surface area contributed by atoms with Gasteiger partial charge in [0.2, 0.25) is 0 Å². The fraction of sp³-hybridized carbons (Fsp3) is 0.333. The standard InChI is InChI=1S/C24H27NO2/c1-26-22-13-7-6-12-21(22)24(14-8-3-9-15-24)23-19-25(16-17-27-23)18-20-10-4-2-5-11-20/h2-14,23H,15-19H2,1H3. The number of hydrogen-bond donors (Lipinski definition) is 0. The van der Waals surface area contributed by atoms with Crippen molar-refractivity contribution in [2.24, 2.45) is 0 Å². The van der Waals surface area contributed by atoms with Gasteiger partial charge in [-0.25, -0.2) is 0 Å². The molecule has 2 aliphatic rings. The molecule has 0 aromatic heterocycles. The molecule has 1 fully saturated rings. The maximum absolute atomic E-state index is 6.36. The number of nitrogens with zero attached hydrogens (tertiary/aromatic N) is 1. The van der Waals surface area contributed by atoms with Crippen molar-refractivity contribution in [2.75, 3.05) is 26.8 Å². The Kier molecular flexibility index (Phi) is 5.42. The third-order valence-electron chi connectivity index (χ3n) is 5.68. The van der Waals surface area contributed by atoms with Crippen molar-refractivity contribution < 1.29 is 9.47 Å². The summed E-state index contributed by atoms with van der Waals surface area (Å²) in [6, 6.07) is 19.0. The van der Waals surface area contributed by atoms with Crippen LogP contribution in [0.3, 0.4) is 0 Å². The Morgan fingerprint density at radius 1 is 1.07 bits per heavy atom. The number of benzene rings is 2. The van der Waals surface area contributed by atoms with Crippen LogP contribution in [0, 0.1) is 0 Å². The molecule has 2 aromatic carbocycles. The Labute approximate surface area is 161 Å². The van der Waals surface area contributed by atoms with Gasteiger partial charge in [0.15, 0.2) is 0 Å². The van der Waals surface area contributed by atoms with Gasteiger partial charge in [0.25, 0.3) is 0 Å². The number of methoxy groups -OCH3 is 1. The number of ether oxygens (including phenoxy) is 2. The smallest absolute Gasteiger partial charge is 0.123 e. The average Bonchev–Trinajstić information content (AvgIpc) is 2.75. The maximum Gasteiger partial charge on any atom is 0.123 e.